The smallest absolute Gasteiger partial charge is 0.405 e. The van der Waals surface area contributed by atoms with Gasteiger partial charge in [-0.15, -0.1) is 0 Å². The van der Waals surface area contributed by atoms with E-state index in [1.165, 1.54) is 12.1 Å². The highest BCUT2D eigenvalue weighted by Gasteiger charge is 2.40. The summed E-state index contributed by atoms with van der Waals surface area (Å²) in [6.07, 6.45) is 0.0682. The molecule has 3 rings (SSSR count). The molecule has 0 saturated heterocycles. The van der Waals surface area contributed by atoms with E-state index in [1.54, 1.807) is 18.2 Å². The maximum Gasteiger partial charge on any atom is 0.405 e. The lowest BCUT2D eigenvalue weighted by Crippen LogP contribution is -2.34. The summed E-state index contributed by atoms with van der Waals surface area (Å²) >= 11 is 0. The summed E-state index contributed by atoms with van der Waals surface area (Å²) in [6, 6.07) is 7.39. The van der Waals surface area contributed by atoms with Crippen LogP contribution in [-0.2, 0) is 12.8 Å². The van der Waals surface area contributed by atoms with Crippen LogP contribution < -0.4 is 5.32 Å². The van der Waals surface area contributed by atoms with Crippen LogP contribution in [0.4, 0.5) is 13.6 Å². The van der Waals surface area contributed by atoms with E-state index in [-0.39, 0.29) is 11.2 Å². The van der Waals surface area contributed by atoms with Crippen molar-refractivity contribution in [1.82, 2.24) is 5.32 Å². The van der Waals surface area contributed by atoms with Gasteiger partial charge in [0, 0.05) is 5.56 Å². The number of fused-ring (bicyclic) bond motifs is 1. The van der Waals surface area contributed by atoms with Gasteiger partial charge in [0.25, 0.3) is 0 Å². The lowest BCUT2D eigenvalue weighted by Gasteiger charge is -2.27. The van der Waals surface area contributed by atoms with E-state index >= 15 is 0 Å². The van der Waals surface area contributed by atoms with Gasteiger partial charge in [-0.2, -0.15) is 0 Å². The highest BCUT2D eigenvalue weighted by molar-refractivity contribution is 5.69. The molecule has 0 heterocycles. The number of nitrogens with one attached hydrogen (secondary N) is 1. The van der Waals surface area contributed by atoms with E-state index in [1.807, 2.05) is 20.8 Å². The zero-order chi connectivity index (χ0) is 18.4. The normalized spacial score (nSPS) is 18.0. The van der Waals surface area contributed by atoms with Crippen molar-refractivity contribution in [3.8, 4) is 11.1 Å². The van der Waals surface area contributed by atoms with Crippen molar-refractivity contribution in [2.24, 2.45) is 5.41 Å². The van der Waals surface area contributed by atoms with Gasteiger partial charge in [-0.25, -0.2) is 13.6 Å². The molecular weight excluding hydrogens is 324 g/mol. The van der Waals surface area contributed by atoms with Gasteiger partial charge in [0.05, 0.1) is 6.04 Å². The quantitative estimate of drug-likeness (QED) is 0.814. The number of rotatable bonds is 3. The van der Waals surface area contributed by atoms with Crippen molar-refractivity contribution in [3.63, 3.8) is 0 Å². The molecule has 0 bridgehead atoms. The summed E-state index contributed by atoms with van der Waals surface area (Å²) in [4.78, 5) is 11.1. The zero-order valence-electron chi connectivity index (χ0n) is 14.5. The largest absolute Gasteiger partial charge is 0.465 e. The minimum atomic E-state index is -1.13. The summed E-state index contributed by atoms with van der Waals surface area (Å²) in [7, 11) is 0. The molecule has 132 valence electrons. The third-order valence-corrected chi connectivity index (χ3v) is 4.98. The van der Waals surface area contributed by atoms with E-state index in [0.29, 0.717) is 35.1 Å². The number of hydrogen-bond acceptors (Lipinski definition) is 1. The second-order valence-electron chi connectivity index (χ2n) is 7.24. The minimum Gasteiger partial charge on any atom is -0.465 e. The molecular formula is C20H21F2NO2. The van der Waals surface area contributed by atoms with Gasteiger partial charge in [-0.3, -0.25) is 0 Å². The average molecular weight is 345 g/mol. The molecule has 1 atom stereocenters. The van der Waals surface area contributed by atoms with Crippen LogP contribution in [0.5, 0.6) is 0 Å². The van der Waals surface area contributed by atoms with Crippen LogP contribution in [0.1, 0.15) is 43.5 Å². The summed E-state index contributed by atoms with van der Waals surface area (Å²) in [5.41, 5.74) is 2.61. The molecule has 0 radical (unpaired) electrons. The molecule has 2 N–H and O–H groups in total. The number of carbonyl (C=O) groups is 1. The SMILES string of the molecule is CCc1ccc(-c2cc3c(cc2F)[C@H](NC(=O)O)C(C)(C)C3)cc1F. The summed E-state index contributed by atoms with van der Waals surface area (Å²) in [6.45, 7) is 5.76. The third-order valence-electron chi connectivity index (χ3n) is 4.98. The Labute approximate surface area is 145 Å². The number of hydrogen-bond donors (Lipinski definition) is 2. The van der Waals surface area contributed by atoms with Gasteiger partial charge in [-0.1, -0.05) is 32.9 Å². The number of halogens is 2. The van der Waals surface area contributed by atoms with Gasteiger partial charge < -0.3 is 10.4 Å². The van der Waals surface area contributed by atoms with Crippen LogP contribution in [0.15, 0.2) is 30.3 Å². The van der Waals surface area contributed by atoms with Crippen LogP contribution in [0, 0.1) is 17.0 Å². The molecule has 0 fully saturated rings. The first-order valence-corrected chi connectivity index (χ1v) is 8.33. The molecule has 1 aliphatic carbocycles. The summed E-state index contributed by atoms with van der Waals surface area (Å²) in [5.74, 6) is -0.817. The standard InChI is InChI=1S/C20H21F2NO2/c1-4-11-5-6-12(8-16(11)21)14-7-13-10-20(2,3)18(23-19(24)25)15(13)9-17(14)22/h5-9,18,23H,4,10H2,1-3H3,(H,24,25)/t18-/m0/s1. The molecule has 1 aliphatic rings. The van der Waals surface area contributed by atoms with Crippen molar-refractivity contribution in [2.45, 2.75) is 39.7 Å². The Balaban J connectivity index is 2.07. The van der Waals surface area contributed by atoms with Gasteiger partial charge >= 0.3 is 6.09 Å². The fourth-order valence-corrected chi connectivity index (χ4v) is 3.69. The van der Waals surface area contributed by atoms with E-state index in [9.17, 15) is 13.6 Å². The molecule has 3 nitrogen and oxygen atoms in total. The predicted octanol–water partition coefficient (Wildman–Crippen LogP) is 5.09. The Morgan fingerprint density at radius 2 is 1.96 bits per heavy atom. The highest BCUT2D eigenvalue weighted by Crippen LogP contribution is 2.46. The Hall–Kier alpha value is -2.43. The molecule has 0 aliphatic heterocycles. The first-order chi connectivity index (χ1) is 11.7. The van der Waals surface area contributed by atoms with Gasteiger partial charge in [0.1, 0.15) is 11.6 Å². The first-order valence-electron chi connectivity index (χ1n) is 8.33. The molecule has 25 heavy (non-hydrogen) atoms. The van der Waals surface area contributed by atoms with Crippen LogP contribution in [0.2, 0.25) is 0 Å². The molecule has 5 heteroatoms. The molecule has 2 aromatic rings. The third kappa shape index (κ3) is 3.11. The first kappa shape index (κ1) is 17.4. The van der Waals surface area contributed by atoms with E-state index in [0.717, 1.165) is 5.56 Å². The van der Waals surface area contributed by atoms with Crippen molar-refractivity contribution in [2.75, 3.05) is 0 Å². The summed E-state index contributed by atoms with van der Waals surface area (Å²) < 4.78 is 28.8. The lowest BCUT2D eigenvalue weighted by molar-refractivity contribution is 0.175. The lowest BCUT2D eigenvalue weighted by atomic mass is 9.85. The second kappa shape index (κ2) is 6.14. The van der Waals surface area contributed by atoms with Crippen LogP contribution in [0.3, 0.4) is 0 Å². The van der Waals surface area contributed by atoms with Crippen molar-refractivity contribution < 1.29 is 18.7 Å². The number of aryl methyl sites for hydroxylation is 1. The molecule has 0 spiro atoms. The van der Waals surface area contributed by atoms with E-state index in [4.69, 9.17) is 5.11 Å². The predicted molar refractivity (Wildman–Crippen MR) is 92.6 cm³/mol. The highest BCUT2D eigenvalue weighted by atomic mass is 19.1. The van der Waals surface area contributed by atoms with Crippen LogP contribution in [-0.4, -0.2) is 11.2 Å². The van der Waals surface area contributed by atoms with Gasteiger partial charge in [-0.05, 0) is 58.7 Å². The maximum atomic E-state index is 14.7. The molecule has 0 saturated carbocycles. The van der Waals surface area contributed by atoms with Gasteiger partial charge in [0.15, 0.2) is 0 Å². The van der Waals surface area contributed by atoms with Crippen LogP contribution in [0.25, 0.3) is 11.1 Å². The van der Waals surface area contributed by atoms with Crippen molar-refractivity contribution >= 4 is 6.09 Å². The molecule has 1 amide bonds. The topological polar surface area (TPSA) is 49.3 Å². The Kier molecular flexibility index (Phi) is 4.27. The monoisotopic (exact) mass is 345 g/mol. The molecule has 0 aromatic heterocycles. The molecule has 0 unspecified atom stereocenters. The fourth-order valence-electron chi connectivity index (χ4n) is 3.69. The number of amides is 1. The minimum absolute atomic E-state index is 0.340. The van der Waals surface area contributed by atoms with E-state index in [2.05, 4.69) is 5.32 Å². The van der Waals surface area contributed by atoms with Crippen LogP contribution >= 0.6 is 0 Å². The summed E-state index contributed by atoms with van der Waals surface area (Å²) in [5, 5.41) is 11.6. The molecule has 2 aromatic carbocycles. The Morgan fingerprint density at radius 3 is 2.56 bits per heavy atom. The average Bonchev–Trinajstić information content (AvgIpc) is 2.76. The zero-order valence-corrected chi connectivity index (χ0v) is 14.5. The maximum absolute atomic E-state index is 14.7. The van der Waals surface area contributed by atoms with E-state index < -0.39 is 18.0 Å². The van der Waals surface area contributed by atoms with Crippen molar-refractivity contribution in [1.29, 1.82) is 0 Å². The van der Waals surface area contributed by atoms with Crippen molar-refractivity contribution in [3.05, 3.63) is 58.7 Å². The Bertz CT molecular complexity index is 846. The Morgan fingerprint density at radius 1 is 1.24 bits per heavy atom. The number of carboxylic acid groups (broad SMARTS) is 1. The fraction of sp³-hybridized carbons (Fsp3) is 0.350. The number of benzene rings is 2. The second-order valence-corrected chi connectivity index (χ2v) is 7.24. The van der Waals surface area contributed by atoms with Gasteiger partial charge in [0.2, 0.25) is 0 Å².